The van der Waals surface area contributed by atoms with Crippen molar-refractivity contribution in [2.45, 2.75) is 13.0 Å². The van der Waals surface area contributed by atoms with Crippen molar-refractivity contribution in [1.82, 2.24) is 10.3 Å². The van der Waals surface area contributed by atoms with Crippen LogP contribution < -0.4 is 10.1 Å². The third-order valence-corrected chi connectivity index (χ3v) is 3.02. The summed E-state index contributed by atoms with van der Waals surface area (Å²) in [5.41, 5.74) is 0.143. The first-order valence-corrected chi connectivity index (χ1v) is 7.39. The van der Waals surface area contributed by atoms with Crippen molar-refractivity contribution >= 4 is 11.9 Å². The molecule has 2 rings (SSSR count). The summed E-state index contributed by atoms with van der Waals surface area (Å²) in [6, 6.07) is 12.1. The number of nitrogens with one attached hydrogen (secondary N) is 1. The summed E-state index contributed by atoms with van der Waals surface area (Å²) in [5, 5.41) is 2.56. The van der Waals surface area contributed by atoms with Gasteiger partial charge in [0.05, 0.1) is 0 Å². The Labute approximate surface area is 140 Å². The van der Waals surface area contributed by atoms with E-state index in [0.29, 0.717) is 12.3 Å². The minimum atomic E-state index is -0.942. The molecule has 1 atom stereocenters. The van der Waals surface area contributed by atoms with Crippen LogP contribution in [0.25, 0.3) is 0 Å². The highest BCUT2D eigenvalue weighted by Gasteiger charge is 2.21. The molecule has 0 fully saturated rings. The molecule has 6 nitrogen and oxygen atoms in total. The number of benzene rings is 1. The molecule has 0 spiro atoms. The fourth-order valence-electron chi connectivity index (χ4n) is 1.82. The minimum absolute atomic E-state index is 0.118. The third-order valence-electron chi connectivity index (χ3n) is 3.02. The van der Waals surface area contributed by atoms with E-state index in [9.17, 15) is 9.59 Å². The van der Waals surface area contributed by atoms with E-state index in [2.05, 4.69) is 16.9 Å². The molecule has 124 valence electrons. The van der Waals surface area contributed by atoms with Gasteiger partial charge in [0, 0.05) is 12.7 Å². The van der Waals surface area contributed by atoms with Crippen LogP contribution in [0.2, 0.25) is 0 Å². The van der Waals surface area contributed by atoms with Crippen molar-refractivity contribution in [3.05, 3.63) is 66.9 Å². The number of aromatic nitrogens is 1. The van der Waals surface area contributed by atoms with Gasteiger partial charge in [0.25, 0.3) is 5.91 Å². The first-order chi connectivity index (χ1) is 11.6. The molecule has 6 heteroatoms. The predicted molar refractivity (Wildman–Crippen MR) is 88.8 cm³/mol. The lowest BCUT2D eigenvalue weighted by molar-refractivity contribution is -0.128. The van der Waals surface area contributed by atoms with Crippen LogP contribution in [-0.2, 0) is 9.53 Å². The first kappa shape index (κ1) is 17.2. The van der Waals surface area contributed by atoms with Crippen molar-refractivity contribution in [2.75, 3.05) is 6.54 Å². The molecule has 24 heavy (non-hydrogen) atoms. The Hall–Kier alpha value is -3.15. The van der Waals surface area contributed by atoms with E-state index in [-0.39, 0.29) is 11.4 Å². The molecular weight excluding hydrogens is 308 g/mol. The molecule has 0 aliphatic rings. The average Bonchev–Trinajstić information content (AvgIpc) is 2.60. The Balaban J connectivity index is 2.09. The lowest BCUT2D eigenvalue weighted by Crippen LogP contribution is -2.35. The zero-order valence-corrected chi connectivity index (χ0v) is 13.3. The van der Waals surface area contributed by atoms with E-state index in [4.69, 9.17) is 9.47 Å². The molecule has 1 heterocycles. The Kier molecular flexibility index (Phi) is 6.08. The van der Waals surface area contributed by atoms with Crippen LogP contribution in [0.1, 0.15) is 17.3 Å². The lowest BCUT2D eigenvalue weighted by Gasteiger charge is -2.14. The third kappa shape index (κ3) is 4.67. The van der Waals surface area contributed by atoms with Gasteiger partial charge in [0.2, 0.25) is 5.88 Å². The van der Waals surface area contributed by atoms with E-state index in [1.165, 1.54) is 19.2 Å². The number of carbonyl (C=O) groups excluding carboxylic acids is 2. The second-order valence-corrected chi connectivity index (χ2v) is 4.85. The highest BCUT2D eigenvalue weighted by Crippen LogP contribution is 2.23. The van der Waals surface area contributed by atoms with Gasteiger partial charge < -0.3 is 14.8 Å². The zero-order chi connectivity index (χ0) is 17.4. The van der Waals surface area contributed by atoms with Crippen LogP contribution in [-0.4, -0.2) is 29.5 Å². The topological polar surface area (TPSA) is 77.5 Å². The fourth-order valence-corrected chi connectivity index (χ4v) is 1.82. The SMILES string of the molecule is C=CCNC(=O)[C@@H](C)OC(=O)c1cccnc1Oc1ccccc1. The standard InChI is InChI=1S/C18H18N2O4/c1-3-11-19-16(21)13(2)23-18(22)15-10-7-12-20-17(15)24-14-8-5-4-6-9-14/h3-10,12-13H,1,11H2,2H3,(H,19,21)/t13-/m1/s1. The largest absolute Gasteiger partial charge is 0.449 e. The highest BCUT2D eigenvalue weighted by molar-refractivity contribution is 5.94. The zero-order valence-electron chi connectivity index (χ0n) is 13.3. The van der Waals surface area contributed by atoms with Gasteiger partial charge in [-0.3, -0.25) is 4.79 Å². The van der Waals surface area contributed by atoms with Gasteiger partial charge in [-0.2, -0.15) is 0 Å². The summed E-state index contributed by atoms with van der Waals surface area (Å²) >= 11 is 0. The van der Waals surface area contributed by atoms with E-state index in [1.54, 1.807) is 24.3 Å². The molecule has 1 aromatic heterocycles. The maximum atomic E-state index is 12.3. The minimum Gasteiger partial charge on any atom is -0.449 e. The van der Waals surface area contributed by atoms with Crippen LogP contribution in [0.15, 0.2) is 61.3 Å². The Morgan fingerprint density at radius 1 is 1.25 bits per heavy atom. The van der Waals surface area contributed by atoms with Gasteiger partial charge in [0.1, 0.15) is 11.3 Å². The smallest absolute Gasteiger partial charge is 0.344 e. The summed E-state index contributed by atoms with van der Waals surface area (Å²) < 4.78 is 10.8. The molecule has 2 aromatic rings. The van der Waals surface area contributed by atoms with Crippen LogP contribution in [0.3, 0.4) is 0 Å². The summed E-state index contributed by atoms with van der Waals surface area (Å²) in [7, 11) is 0. The second-order valence-electron chi connectivity index (χ2n) is 4.85. The van der Waals surface area contributed by atoms with E-state index in [1.807, 2.05) is 18.2 Å². The van der Waals surface area contributed by atoms with Gasteiger partial charge in [0.15, 0.2) is 6.10 Å². The Bertz CT molecular complexity index is 716. The maximum absolute atomic E-state index is 12.3. The van der Waals surface area contributed by atoms with Crippen molar-refractivity contribution in [2.24, 2.45) is 0 Å². The quantitative estimate of drug-likeness (QED) is 0.625. The van der Waals surface area contributed by atoms with Crippen molar-refractivity contribution < 1.29 is 19.1 Å². The molecule has 0 saturated heterocycles. The number of esters is 1. The Morgan fingerprint density at radius 3 is 2.71 bits per heavy atom. The van der Waals surface area contributed by atoms with Gasteiger partial charge in [-0.05, 0) is 31.2 Å². The molecule has 1 N–H and O–H groups in total. The van der Waals surface area contributed by atoms with Gasteiger partial charge in [-0.1, -0.05) is 24.3 Å². The maximum Gasteiger partial charge on any atom is 0.344 e. The lowest BCUT2D eigenvalue weighted by atomic mass is 10.2. The van der Waals surface area contributed by atoms with E-state index >= 15 is 0 Å². The summed E-state index contributed by atoms with van der Waals surface area (Å²) in [6.45, 7) is 5.30. The highest BCUT2D eigenvalue weighted by atomic mass is 16.6. The number of para-hydroxylation sites is 1. The number of amides is 1. The normalized spacial score (nSPS) is 11.2. The van der Waals surface area contributed by atoms with Gasteiger partial charge in [-0.15, -0.1) is 6.58 Å². The van der Waals surface area contributed by atoms with Crippen LogP contribution >= 0.6 is 0 Å². The molecule has 0 aliphatic heterocycles. The van der Waals surface area contributed by atoms with Gasteiger partial charge in [-0.25, -0.2) is 9.78 Å². The van der Waals surface area contributed by atoms with Crippen molar-refractivity contribution in [3.63, 3.8) is 0 Å². The number of pyridine rings is 1. The monoisotopic (exact) mass is 326 g/mol. The van der Waals surface area contributed by atoms with Crippen LogP contribution in [0.5, 0.6) is 11.6 Å². The molecule has 1 amide bonds. The Morgan fingerprint density at radius 2 is 2.00 bits per heavy atom. The first-order valence-electron chi connectivity index (χ1n) is 7.39. The number of carbonyl (C=O) groups is 2. The summed E-state index contributed by atoms with van der Waals surface area (Å²) in [4.78, 5) is 28.1. The predicted octanol–water partition coefficient (Wildman–Crippen LogP) is 2.72. The van der Waals surface area contributed by atoms with Gasteiger partial charge >= 0.3 is 5.97 Å². The molecule has 0 unspecified atom stereocenters. The fraction of sp³-hybridized carbons (Fsp3) is 0.167. The summed E-state index contributed by atoms with van der Waals surface area (Å²) in [5.74, 6) is -0.428. The molecular formula is C18H18N2O4. The van der Waals surface area contributed by atoms with Crippen LogP contribution in [0, 0.1) is 0 Å². The van der Waals surface area contributed by atoms with Crippen LogP contribution in [0.4, 0.5) is 0 Å². The number of hydrogen-bond acceptors (Lipinski definition) is 5. The van der Waals surface area contributed by atoms with E-state index < -0.39 is 18.0 Å². The average molecular weight is 326 g/mol. The number of nitrogens with zero attached hydrogens (tertiary/aromatic N) is 1. The summed E-state index contributed by atoms with van der Waals surface area (Å²) in [6.07, 6.45) is 2.11. The molecule has 0 radical (unpaired) electrons. The molecule has 0 aliphatic carbocycles. The molecule has 0 saturated carbocycles. The number of rotatable bonds is 7. The van der Waals surface area contributed by atoms with E-state index in [0.717, 1.165) is 0 Å². The van der Waals surface area contributed by atoms with Crippen molar-refractivity contribution in [3.8, 4) is 11.6 Å². The molecule has 0 bridgehead atoms. The second kappa shape index (κ2) is 8.47. The van der Waals surface area contributed by atoms with Crippen molar-refractivity contribution in [1.29, 1.82) is 0 Å². The molecule has 1 aromatic carbocycles. The number of ether oxygens (including phenoxy) is 2. The number of hydrogen-bond donors (Lipinski definition) is 1.